The molecular formula is C25H25N2O3S+. The van der Waals surface area contributed by atoms with Gasteiger partial charge in [0.05, 0.1) is 24.4 Å². The maximum atomic E-state index is 13.7. The van der Waals surface area contributed by atoms with Gasteiger partial charge in [-0.3, -0.25) is 0 Å². The van der Waals surface area contributed by atoms with E-state index >= 15 is 0 Å². The summed E-state index contributed by atoms with van der Waals surface area (Å²) in [5.41, 5.74) is 2.75. The van der Waals surface area contributed by atoms with Gasteiger partial charge in [-0.05, 0) is 61.2 Å². The van der Waals surface area contributed by atoms with Crippen LogP contribution >= 0.6 is 11.8 Å². The normalized spacial score (nSPS) is 12.0. The van der Waals surface area contributed by atoms with Crippen LogP contribution in [0.3, 0.4) is 0 Å². The summed E-state index contributed by atoms with van der Waals surface area (Å²) in [7, 11) is 2.01. The van der Waals surface area contributed by atoms with Gasteiger partial charge in [0.25, 0.3) is 5.65 Å². The number of aryl methyl sites for hydroxylation is 1. The van der Waals surface area contributed by atoms with Crippen LogP contribution in [0, 0.1) is 0 Å². The first-order valence-electron chi connectivity index (χ1n) is 10.7. The Morgan fingerprint density at radius 1 is 1.06 bits per heavy atom. The van der Waals surface area contributed by atoms with Gasteiger partial charge in [-0.1, -0.05) is 12.1 Å². The minimum absolute atomic E-state index is 0.00483. The van der Waals surface area contributed by atoms with Gasteiger partial charge in [0.2, 0.25) is 0 Å². The van der Waals surface area contributed by atoms with Crippen LogP contribution in [-0.4, -0.2) is 28.5 Å². The number of pyridine rings is 1. The van der Waals surface area contributed by atoms with Crippen LogP contribution in [0.5, 0.6) is 5.75 Å². The van der Waals surface area contributed by atoms with E-state index in [2.05, 4.69) is 28.8 Å². The van der Waals surface area contributed by atoms with Crippen molar-refractivity contribution in [3.05, 3.63) is 58.9 Å². The third kappa shape index (κ3) is 3.13. The Morgan fingerprint density at radius 3 is 2.71 bits per heavy atom. The van der Waals surface area contributed by atoms with Crippen LogP contribution < -0.4 is 14.9 Å². The second-order valence-corrected chi connectivity index (χ2v) is 8.86. The van der Waals surface area contributed by atoms with Gasteiger partial charge >= 0.3 is 5.56 Å². The average molecular weight is 434 g/mol. The molecule has 6 heteroatoms. The number of ether oxygens (including phenoxy) is 1. The summed E-state index contributed by atoms with van der Waals surface area (Å²) < 4.78 is 9.62. The first-order chi connectivity index (χ1) is 15.2. The maximum Gasteiger partial charge on any atom is 0.347 e. The van der Waals surface area contributed by atoms with Gasteiger partial charge in [0, 0.05) is 23.0 Å². The van der Waals surface area contributed by atoms with Crippen LogP contribution in [0.25, 0.3) is 38.2 Å². The number of hydrogen-bond donors (Lipinski definition) is 1. The molecule has 2 heterocycles. The number of hydrogen-bond acceptors (Lipinski definition) is 4. The van der Waals surface area contributed by atoms with Crippen molar-refractivity contribution < 1.29 is 14.4 Å². The molecule has 0 aliphatic rings. The topological polar surface area (TPSA) is 54.8 Å². The van der Waals surface area contributed by atoms with Gasteiger partial charge in [-0.2, -0.15) is 4.40 Å². The Bertz CT molecular complexity index is 1480. The van der Waals surface area contributed by atoms with E-state index in [4.69, 9.17) is 9.84 Å². The summed E-state index contributed by atoms with van der Waals surface area (Å²) in [6, 6.07) is 16.2. The molecule has 3 aromatic carbocycles. The van der Waals surface area contributed by atoms with Crippen molar-refractivity contribution in [2.75, 3.05) is 19.0 Å². The van der Waals surface area contributed by atoms with E-state index in [1.54, 1.807) is 11.8 Å². The fraction of sp³-hybridized carbons (Fsp3) is 0.280. The highest BCUT2D eigenvalue weighted by Crippen LogP contribution is 2.35. The Kier molecular flexibility index (Phi) is 5.20. The van der Waals surface area contributed by atoms with Crippen LogP contribution in [0.2, 0.25) is 0 Å². The second-order valence-electron chi connectivity index (χ2n) is 7.73. The number of unbranched alkanes of at least 4 members (excludes halogenated alkanes) is 1. The van der Waals surface area contributed by atoms with Gasteiger partial charge in [0.15, 0.2) is 11.0 Å². The van der Waals surface area contributed by atoms with Crippen molar-refractivity contribution in [2.24, 2.45) is 7.05 Å². The van der Waals surface area contributed by atoms with Crippen LogP contribution in [0.15, 0.2) is 58.2 Å². The highest BCUT2D eigenvalue weighted by molar-refractivity contribution is 7.99. The van der Waals surface area contributed by atoms with Crippen molar-refractivity contribution in [1.29, 1.82) is 0 Å². The Morgan fingerprint density at radius 2 is 1.90 bits per heavy atom. The zero-order valence-corrected chi connectivity index (χ0v) is 18.5. The summed E-state index contributed by atoms with van der Waals surface area (Å²) in [5.74, 6) is 1.71. The molecule has 0 bridgehead atoms. The Hall–Kier alpha value is -2.83. The molecule has 0 fully saturated rings. The molecule has 31 heavy (non-hydrogen) atoms. The van der Waals surface area contributed by atoms with E-state index in [-0.39, 0.29) is 12.2 Å². The van der Waals surface area contributed by atoms with Crippen LogP contribution in [0.4, 0.5) is 0 Å². The predicted molar refractivity (Wildman–Crippen MR) is 127 cm³/mol. The molecule has 2 aromatic heterocycles. The van der Waals surface area contributed by atoms with E-state index in [0.29, 0.717) is 6.61 Å². The Labute approximate surface area is 184 Å². The first-order valence-corrected chi connectivity index (χ1v) is 11.7. The first kappa shape index (κ1) is 20.1. The quantitative estimate of drug-likeness (QED) is 0.236. The number of thioether (sulfide) groups is 1. The standard InChI is InChI=1S/C25H25N2O3S/c1-3-30-16-9-11-20-21(15-16)27-24(26(20)2)18-8-6-7-17-22(31-14-5-4-13-28)12-10-19(23(17)18)25(27)29/h6-12,15,28H,3-5,13-14H2,1-2H3/q+1. The Balaban J connectivity index is 1.82. The molecule has 0 unspecified atom stereocenters. The van der Waals surface area contributed by atoms with Gasteiger partial charge < -0.3 is 9.84 Å². The number of aromatic nitrogens is 2. The third-order valence-electron chi connectivity index (χ3n) is 5.87. The fourth-order valence-corrected chi connectivity index (χ4v) is 5.55. The van der Waals surface area contributed by atoms with Crippen molar-refractivity contribution in [3.8, 4) is 5.75 Å². The molecule has 0 radical (unpaired) electrons. The number of aliphatic hydroxyl groups excluding tert-OH is 1. The molecule has 0 saturated heterocycles. The van der Waals surface area contributed by atoms with Crippen molar-refractivity contribution >= 4 is 50.0 Å². The van der Waals surface area contributed by atoms with Gasteiger partial charge in [-0.25, -0.2) is 9.36 Å². The van der Waals surface area contributed by atoms with E-state index in [0.717, 1.165) is 62.6 Å². The lowest BCUT2D eigenvalue weighted by atomic mass is 10.0. The lowest BCUT2D eigenvalue weighted by molar-refractivity contribution is -0.617. The summed E-state index contributed by atoms with van der Waals surface area (Å²) in [6.07, 6.45) is 1.78. The number of benzene rings is 3. The van der Waals surface area contributed by atoms with Gasteiger partial charge in [-0.15, -0.1) is 11.8 Å². The summed E-state index contributed by atoms with van der Waals surface area (Å²) in [4.78, 5) is 14.9. The SMILES string of the molecule is CCOc1ccc2c(c1)n1c(=O)c3ccc(SCCCCO)c4cccc(c43)c1[n+]2C. The number of rotatable bonds is 7. The summed E-state index contributed by atoms with van der Waals surface area (Å²) in [5, 5.41) is 13.0. The number of nitrogens with zero attached hydrogens (tertiary/aromatic N) is 2. The molecule has 5 rings (SSSR count). The molecular weight excluding hydrogens is 408 g/mol. The molecule has 5 aromatic rings. The van der Waals surface area contributed by atoms with Crippen LogP contribution in [-0.2, 0) is 7.05 Å². The highest BCUT2D eigenvalue weighted by Gasteiger charge is 2.25. The summed E-state index contributed by atoms with van der Waals surface area (Å²) in [6.45, 7) is 2.77. The molecule has 158 valence electrons. The molecule has 5 nitrogen and oxygen atoms in total. The molecule has 0 saturated carbocycles. The molecule has 0 spiro atoms. The fourth-order valence-electron chi connectivity index (χ4n) is 4.49. The zero-order valence-electron chi connectivity index (χ0n) is 17.7. The van der Waals surface area contributed by atoms with Gasteiger partial charge in [0.1, 0.15) is 5.75 Å². The van der Waals surface area contributed by atoms with Crippen molar-refractivity contribution in [1.82, 2.24) is 4.40 Å². The molecule has 0 atom stereocenters. The third-order valence-corrected chi connectivity index (χ3v) is 7.03. The number of aliphatic hydroxyl groups is 1. The lowest BCUT2D eigenvalue weighted by Gasteiger charge is -2.09. The van der Waals surface area contributed by atoms with Crippen molar-refractivity contribution in [3.63, 3.8) is 0 Å². The summed E-state index contributed by atoms with van der Waals surface area (Å²) >= 11 is 1.79. The monoisotopic (exact) mass is 433 g/mol. The van der Waals surface area contributed by atoms with E-state index in [1.165, 1.54) is 4.90 Å². The number of imidazole rings is 1. The zero-order chi connectivity index (χ0) is 21.5. The van der Waals surface area contributed by atoms with E-state index < -0.39 is 0 Å². The van der Waals surface area contributed by atoms with E-state index in [1.807, 2.05) is 42.6 Å². The molecule has 0 amide bonds. The predicted octanol–water partition coefficient (Wildman–Crippen LogP) is 4.28. The minimum Gasteiger partial charge on any atom is -0.494 e. The lowest BCUT2D eigenvalue weighted by Crippen LogP contribution is -2.29. The van der Waals surface area contributed by atoms with Crippen LogP contribution in [0.1, 0.15) is 19.8 Å². The largest absolute Gasteiger partial charge is 0.494 e. The minimum atomic E-state index is -0.00483. The van der Waals surface area contributed by atoms with Crippen molar-refractivity contribution in [2.45, 2.75) is 24.7 Å². The molecule has 0 aliphatic heterocycles. The number of fused-ring (bicyclic) bond motifs is 4. The highest BCUT2D eigenvalue weighted by atomic mass is 32.2. The van der Waals surface area contributed by atoms with E-state index in [9.17, 15) is 4.79 Å². The second kappa shape index (κ2) is 8.02. The average Bonchev–Trinajstić information content (AvgIpc) is 3.08. The molecule has 1 N–H and O–H groups in total. The molecule has 0 aliphatic carbocycles. The maximum absolute atomic E-state index is 13.7. The smallest absolute Gasteiger partial charge is 0.347 e.